The van der Waals surface area contributed by atoms with Crippen molar-refractivity contribution >= 4 is 24.4 Å². The van der Waals surface area contributed by atoms with Crippen LogP contribution in [0.5, 0.6) is 11.5 Å². The van der Waals surface area contributed by atoms with E-state index in [4.69, 9.17) is 38.9 Å². The summed E-state index contributed by atoms with van der Waals surface area (Å²) in [6.07, 6.45) is -3.76. The molecule has 35 heavy (non-hydrogen) atoms. The van der Waals surface area contributed by atoms with Gasteiger partial charge in [0, 0.05) is 0 Å². The van der Waals surface area contributed by atoms with Crippen LogP contribution in [0.1, 0.15) is 46.6 Å². The van der Waals surface area contributed by atoms with Crippen molar-refractivity contribution in [2.45, 2.75) is 65.7 Å². The lowest BCUT2D eigenvalue weighted by Gasteiger charge is -2.22. The number of esters is 1. The van der Waals surface area contributed by atoms with Crippen LogP contribution in [0.3, 0.4) is 0 Å². The van der Waals surface area contributed by atoms with Gasteiger partial charge in [0.1, 0.15) is 18.2 Å². The van der Waals surface area contributed by atoms with Crippen molar-refractivity contribution in [2.75, 3.05) is 19.8 Å². The second-order valence-electron chi connectivity index (χ2n) is 7.23. The van der Waals surface area contributed by atoms with Gasteiger partial charge in [-0.1, -0.05) is 13.0 Å². The number of hydrogen-bond acceptors (Lipinski definition) is 12. The summed E-state index contributed by atoms with van der Waals surface area (Å²) in [6.45, 7) is 8.52. The van der Waals surface area contributed by atoms with Crippen LogP contribution in [0.4, 0.5) is 14.4 Å². The molecule has 12 heteroatoms. The summed E-state index contributed by atoms with van der Waals surface area (Å²) in [7, 11) is 0. The first-order chi connectivity index (χ1) is 16.6. The average molecular weight is 500 g/mol. The largest absolute Gasteiger partial charge is 0.513 e. The van der Waals surface area contributed by atoms with E-state index < -0.39 is 42.7 Å². The third-order valence-corrected chi connectivity index (χ3v) is 4.35. The van der Waals surface area contributed by atoms with Crippen LogP contribution in [0.15, 0.2) is 18.2 Å². The molecule has 1 rings (SSSR count). The van der Waals surface area contributed by atoms with E-state index in [0.29, 0.717) is 12.0 Å². The minimum Gasteiger partial charge on any atom is -0.458 e. The van der Waals surface area contributed by atoms with Crippen LogP contribution in [-0.4, -0.2) is 62.5 Å². The van der Waals surface area contributed by atoms with Gasteiger partial charge in [-0.25, -0.2) is 14.4 Å². The fourth-order valence-corrected chi connectivity index (χ4v) is 2.49. The first-order valence-electron chi connectivity index (χ1n) is 11.2. The molecule has 0 spiro atoms. The van der Waals surface area contributed by atoms with Gasteiger partial charge in [0.25, 0.3) is 0 Å². The van der Waals surface area contributed by atoms with Gasteiger partial charge in [0.2, 0.25) is 0 Å². The Labute approximate surface area is 203 Å². The first kappa shape index (κ1) is 29.5. The summed E-state index contributed by atoms with van der Waals surface area (Å²) >= 11 is 0. The Hall–Kier alpha value is -3.54. The van der Waals surface area contributed by atoms with Gasteiger partial charge in [-0.05, 0) is 58.2 Å². The van der Waals surface area contributed by atoms with Crippen molar-refractivity contribution in [3.05, 3.63) is 23.8 Å². The summed E-state index contributed by atoms with van der Waals surface area (Å²) < 4.78 is 34.8. The SMILES string of the molecule is CCCOC(=O)O[C@@H](C)[C@H](C)OC(=O)[C@@H](N)Cc1ccc(OC(=O)OCC)c(OC(=O)OCC)c1. The molecule has 0 saturated heterocycles. The van der Waals surface area contributed by atoms with Crippen molar-refractivity contribution in [3.8, 4) is 11.5 Å². The molecule has 196 valence electrons. The fraction of sp³-hybridized carbons (Fsp3) is 0.565. The van der Waals surface area contributed by atoms with Gasteiger partial charge >= 0.3 is 24.4 Å². The fourth-order valence-electron chi connectivity index (χ4n) is 2.49. The third-order valence-electron chi connectivity index (χ3n) is 4.35. The van der Waals surface area contributed by atoms with Crippen LogP contribution >= 0.6 is 0 Å². The van der Waals surface area contributed by atoms with E-state index in [1.54, 1.807) is 27.7 Å². The second kappa shape index (κ2) is 15.4. The number of carbonyl (C=O) groups is 4. The molecule has 0 radical (unpaired) electrons. The van der Waals surface area contributed by atoms with Crippen LogP contribution < -0.4 is 15.2 Å². The van der Waals surface area contributed by atoms with Crippen molar-refractivity contribution < 1.29 is 52.3 Å². The topological polar surface area (TPSA) is 159 Å². The van der Waals surface area contributed by atoms with Gasteiger partial charge in [0.15, 0.2) is 11.5 Å². The van der Waals surface area contributed by atoms with Gasteiger partial charge in [0.05, 0.1) is 19.8 Å². The van der Waals surface area contributed by atoms with Gasteiger partial charge in [-0.2, -0.15) is 0 Å². The third kappa shape index (κ3) is 11.0. The number of nitrogens with two attached hydrogens (primary N) is 1. The first-order valence-corrected chi connectivity index (χ1v) is 11.2. The number of ether oxygens (including phenoxy) is 7. The molecule has 0 saturated carbocycles. The van der Waals surface area contributed by atoms with Gasteiger partial charge in [-0.15, -0.1) is 0 Å². The Balaban J connectivity index is 2.83. The lowest BCUT2D eigenvalue weighted by molar-refractivity contribution is -0.155. The second-order valence-corrected chi connectivity index (χ2v) is 7.23. The van der Waals surface area contributed by atoms with Crippen molar-refractivity contribution in [2.24, 2.45) is 5.73 Å². The molecule has 0 bridgehead atoms. The zero-order chi connectivity index (χ0) is 26.4. The molecule has 0 amide bonds. The predicted molar refractivity (Wildman–Crippen MR) is 121 cm³/mol. The summed E-state index contributed by atoms with van der Waals surface area (Å²) in [5, 5.41) is 0. The summed E-state index contributed by atoms with van der Waals surface area (Å²) in [5.74, 6) is -0.962. The number of carbonyl (C=O) groups excluding carboxylic acids is 4. The van der Waals surface area contributed by atoms with Crippen LogP contribution in [0.25, 0.3) is 0 Å². The van der Waals surface area contributed by atoms with Crippen molar-refractivity contribution in [3.63, 3.8) is 0 Å². The number of hydrogen-bond donors (Lipinski definition) is 1. The van der Waals surface area contributed by atoms with E-state index in [0.717, 1.165) is 0 Å². The van der Waals surface area contributed by atoms with Crippen LogP contribution in [0, 0.1) is 0 Å². The van der Waals surface area contributed by atoms with E-state index in [1.807, 2.05) is 6.92 Å². The van der Waals surface area contributed by atoms with Crippen molar-refractivity contribution in [1.82, 2.24) is 0 Å². The Morgan fingerprint density at radius 3 is 1.94 bits per heavy atom. The zero-order valence-electron chi connectivity index (χ0n) is 20.6. The zero-order valence-corrected chi connectivity index (χ0v) is 20.6. The lowest BCUT2D eigenvalue weighted by Crippen LogP contribution is -2.39. The standard InChI is InChI=1S/C23H33NO11/c1-6-11-31-23(28)33-15(5)14(4)32-20(25)17(24)12-16-9-10-18(34-21(26)29-7-2)19(13-16)35-22(27)30-8-3/h9-10,13-15,17H,6-8,11-12,24H2,1-5H3/t14-,15-,17-/m0/s1. The minimum absolute atomic E-state index is 0.00178. The minimum atomic E-state index is -1.09. The van der Waals surface area contributed by atoms with E-state index >= 15 is 0 Å². The maximum Gasteiger partial charge on any atom is 0.513 e. The Bertz CT molecular complexity index is 858. The molecule has 0 aliphatic rings. The predicted octanol–water partition coefficient (Wildman–Crippen LogP) is 3.51. The van der Waals surface area contributed by atoms with Gasteiger partial charge in [-0.3, -0.25) is 4.79 Å². The number of benzene rings is 1. The Morgan fingerprint density at radius 1 is 0.800 bits per heavy atom. The molecule has 0 heterocycles. The lowest BCUT2D eigenvalue weighted by atomic mass is 10.1. The van der Waals surface area contributed by atoms with Crippen LogP contribution in [-0.2, 0) is 34.9 Å². The highest BCUT2D eigenvalue weighted by Gasteiger charge is 2.25. The molecule has 0 aliphatic carbocycles. The van der Waals surface area contributed by atoms with Crippen molar-refractivity contribution in [1.29, 1.82) is 0 Å². The maximum atomic E-state index is 12.4. The van der Waals surface area contributed by atoms with E-state index in [2.05, 4.69) is 0 Å². The molecule has 0 aliphatic heterocycles. The Morgan fingerprint density at radius 2 is 1.37 bits per heavy atom. The smallest absolute Gasteiger partial charge is 0.458 e. The average Bonchev–Trinajstić information content (AvgIpc) is 2.79. The maximum absolute atomic E-state index is 12.4. The molecule has 0 fully saturated rings. The monoisotopic (exact) mass is 499 g/mol. The normalized spacial score (nSPS) is 13.0. The Kier molecular flexibility index (Phi) is 13.0. The highest BCUT2D eigenvalue weighted by molar-refractivity contribution is 5.76. The highest BCUT2D eigenvalue weighted by Crippen LogP contribution is 2.30. The van der Waals surface area contributed by atoms with Crippen LogP contribution in [0.2, 0.25) is 0 Å². The molecule has 0 aromatic heterocycles. The molecule has 1 aromatic carbocycles. The van der Waals surface area contributed by atoms with E-state index in [-0.39, 0.29) is 37.7 Å². The molecular weight excluding hydrogens is 466 g/mol. The van der Waals surface area contributed by atoms with E-state index in [9.17, 15) is 19.2 Å². The highest BCUT2D eigenvalue weighted by atomic mass is 16.7. The molecular formula is C23H33NO11. The van der Waals surface area contributed by atoms with Gasteiger partial charge < -0.3 is 38.9 Å². The molecule has 0 unspecified atom stereocenters. The molecule has 3 atom stereocenters. The quantitative estimate of drug-likeness (QED) is 0.254. The number of rotatable bonds is 12. The van der Waals surface area contributed by atoms with E-state index in [1.165, 1.54) is 18.2 Å². The molecule has 12 nitrogen and oxygen atoms in total. The summed E-state index contributed by atoms with van der Waals surface area (Å²) in [4.78, 5) is 47.5. The summed E-state index contributed by atoms with van der Waals surface area (Å²) in [5.41, 5.74) is 6.45. The summed E-state index contributed by atoms with van der Waals surface area (Å²) in [6, 6.07) is 3.17. The molecule has 1 aromatic rings. The molecule has 2 N–H and O–H groups in total.